The van der Waals surface area contributed by atoms with Gasteiger partial charge in [0, 0.05) is 24.7 Å². The normalized spacial score (nSPS) is 16.4. The number of carbonyl (C=O) groups is 2. The number of rotatable bonds is 7. The predicted octanol–water partition coefficient (Wildman–Crippen LogP) is 0.204. The van der Waals surface area contributed by atoms with Gasteiger partial charge in [0.25, 0.3) is 0 Å². The number of piperidine rings is 1. The van der Waals surface area contributed by atoms with E-state index in [2.05, 4.69) is 15.3 Å². The lowest BCUT2D eigenvalue weighted by molar-refractivity contribution is -0.124. The highest BCUT2D eigenvalue weighted by molar-refractivity contribution is 5.78. The van der Waals surface area contributed by atoms with Crippen LogP contribution < -0.4 is 11.1 Å². The lowest BCUT2D eigenvalue weighted by Gasteiger charge is -2.29. The molecule has 1 aromatic rings. The monoisotopic (exact) mass is 321 g/mol. The molecule has 7 nitrogen and oxygen atoms in total. The van der Waals surface area contributed by atoms with Crippen molar-refractivity contribution >= 4 is 11.8 Å². The van der Waals surface area contributed by atoms with Crippen LogP contribution in [0.4, 0.5) is 0 Å². The fourth-order valence-electron chi connectivity index (χ4n) is 2.99. The van der Waals surface area contributed by atoms with Crippen LogP contribution in [-0.2, 0) is 16.1 Å². The summed E-state index contributed by atoms with van der Waals surface area (Å²) < 4.78 is 1.97. The first-order valence-corrected chi connectivity index (χ1v) is 8.25. The summed E-state index contributed by atoms with van der Waals surface area (Å²) in [6, 6.07) is 2.05. The summed E-state index contributed by atoms with van der Waals surface area (Å²) in [5.74, 6) is -0.218. The zero-order valence-corrected chi connectivity index (χ0v) is 14.0. The lowest BCUT2D eigenvalue weighted by Crippen LogP contribution is -2.43. The van der Waals surface area contributed by atoms with Crippen molar-refractivity contribution in [2.24, 2.45) is 11.7 Å². The van der Waals surface area contributed by atoms with Crippen molar-refractivity contribution in [2.75, 3.05) is 26.2 Å². The Morgan fingerprint density at radius 1 is 1.35 bits per heavy atom. The van der Waals surface area contributed by atoms with Crippen LogP contribution in [0.25, 0.3) is 0 Å². The Bertz CT molecular complexity index is 547. The van der Waals surface area contributed by atoms with E-state index in [0.717, 1.165) is 50.3 Å². The molecule has 0 atom stereocenters. The summed E-state index contributed by atoms with van der Waals surface area (Å²) in [6.07, 6.45) is 2.36. The fraction of sp³-hybridized carbons (Fsp3) is 0.688. The Balaban J connectivity index is 1.60. The summed E-state index contributed by atoms with van der Waals surface area (Å²) in [5.41, 5.74) is 7.48. The summed E-state index contributed by atoms with van der Waals surface area (Å²) in [5, 5.41) is 7.35. The van der Waals surface area contributed by atoms with Gasteiger partial charge in [0.1, 0.15) is 0 Å². The minimum Gasteiger partial charge on any atom is -0.369 e. The largest absolute Gasteiger partial charge is 0.369 e. The van der Waals surface area contributed by atoms with Gasteiger partial charge in [-0.25, -0.2) is 0 Å². The van der Waals surface area contributed by atoms with Crippen LogP contribution in [0.2, 0.25) is 0 Å². The van der Waals surface area contributed by atoms with Crippen LogP contribution in [0.5, 0.6) is 0 Å². The van der Waals surface area contributed by atoms with Gasteiger partial charge in [-0.15, -0.1) is 0 Å². The van der Waals surface area contributed by atoms with Gasteiger partial charge < -0.3 is 11.1 Å². The first kappa shape index (κ1) is 17.5. The Morgan fingerprint density at radius 3 is 2.61 bits per heavy atom. The van der Waals surface area contributed by atoms with E-state index >= 15 is 0 Å². The zero-order valence-electron chi connectivity index (χ0n) is 14.0. The molecule has 1 aliphatic rings. The molecule has 0 saturated carbocycles. The molecule has 0 radical (unpaired) electrons. The van der Waals surface area contributed by atoms with Gasteiger partial charge in [0.05, 0.1) is 12.2 Å². The van der Waals surface area contributed by atoms with Crippen LogP contribution in [0.3, 0.4) is 0 Å². The highest BCUT2D eigenvalue weighted by atomic mass is 16.2. The van der Waals surface area contributed by atoms with Crippen molar-refractivity contribution in [3.05, 3.63) is 17.5 Å². The Morgan fingerprint density at radius 2 is 2.04 bits per heavy atom. The summed E-state index contributed by atoms with van der Waals surface area (Å²) in [6.45, 7) is 7.38. The van der Waals surface area contributed by atoms with E-state index in [-0.39, 0.29) is 17.7 Å². The van der Waals surface area contributed by atoms with Gasteiger partial charge in [-0.05, 0) is 52.3 Å². The molecule has 0 bridgehead atoms. The molecule has 2 amide bonds. The maximum absolute atomic E-state index is 11.9. The Kier molecular flexibility index (Phi) is 6.15. The quantitative estimate of drug-likeness (QED) is 0.702. The molecule has 1 aliphatic heterocycles. The third-order valence-corrected chi connectivity index (χ3v) is 4.33. The van der Waals surface area contributed by atoms with Gasteiger partial charge in [0.2, 0.25) is 11.8 Å². The third kappa shape index (κ3) is 5.35. The molecule has 1 saturated heterocycles. The van der Waals surface area contributed by atoms with Crippen molar-refractivity contribution in [3.63, 3.8) is 0 Å². The standard InChI is InChI=1S/C16H27N5O2/c1-12-10-13(2)21(19-12)7-3-6-18-15(22)11-20-8-4-14(5-9-20)16(17)23/h10,14H,3-9,11H2,1-2H3,(H2,17,23)(H,18,22). The van der Waals surface area contributed by atoms with Gasteiger partial charge in [-0.3, -0.25) is 19.2 Å². The number of likely N-dealkylation sites (tertiary alicyclic amines) is 1. The maximum Gasteiger partial charge on any atom is 0.234 e. The van der Waals surface area contributed by atoms with Crippen molar-refractivity contribution in [3.8, 4) is 0 Å². The predicted molar refractivity (Wildman–Crippen MR) is 87.7 cm³/mol. The number of nitrogens with one attached hydrogen (secondary N) is 1. The second kappa shape index (κ2) is 8.10. The molecule has 0 aliphatic carbocycles. The number of nitrogens with two attached hydrogens (primary N) is 1. The summed E-state index contributed by atoms with van der Waals surface area (Å²) in [4.78, 5) is 25.1. The highest BCUT2D eigenvalue weighted by Crippen LogP contribution is 2.15. The van der Waals surface area contributed by atoms with Crippen LogP contribution >= 0.6 is 0 Å². The zero-order chi connectivity index (χ0) is 16.8. The highest BCUT2D eigenvalue weighted by Gasteiger charge is 2.23. The number of primary amides is 1. The van der Waals surface area contributed by atoms with E-state index in [1.165, 1.54) is 0 Å². The van der Waals surface area contributed by atoms with Crippen LogP contribution in [0, 0.1) is 19.8 Å². The van der Waals surface area contributed by atoms with Crippen LogP contribution in [-0.4, -0.2) is 52.7 Å². The number of aromatic nitrogens is 2. The van der Waals surface area contributed by atoms with Gasteiger partial charge in [-0.2, -0.15) is 5.10 Å². The molecule has 2 heterocycles. The first-order valence-electron chi connectivity index (χ1n) is 8.25. The van der Waals surface area contributed by atoms with E-state index in [9.17, 15) is 9.59 Å². The molecule has 128 valence electrons. The smallest absolute Gasteiger partial charge is 0.234 e. The van der Waals surface area contributed by atoms with Gasteiger partial charge in [0.15, 0.2) is 0 Å². The molecular weight excluding hydrogens is 294 g/mol. The number of carbonyl (C=O) groups excluding carboxylic acids is 2. The molecule has 0 aromatic carbocycles. The molecule has 3 N–H and O–H groups in total. The summed E-state index contributed by atoms with van der Waals surface area (Å²) >= 11 is 0. The minimum atomic E-state index is -0.224. The second-order valence-electron chi connectivity index (χ2n) is 6.31. The SMILES string of the molecule is Cc1cc(C)n(CCCNC(=O)CN2CCC(C(N)=O)CC2)n1. The number of aryl methyl sites for hydroxylation is 3. The minimum absolute atomic E-state index is 0.0323. The lowest BCUT2D eigenvalue weighted by atomic mass is 9.96. The first-order chi connectivity index (χ1) is 11.0. The van der Waals surface area contributed by atoms with Crippen molar-refractivity contribution in [1.29, 1.82) is 0 Å². The average molecular weight is 321 g/mol. The number of hydrogen-bond acceptors (Lipinski definition) is 4. The topological polar surface area (TPSA) is 93.3 Å². The molecule has 23 heavy (non-hydrogen) atoms. The van der Waals surface area contributed by atoms with Crippen molar-refractivity contribution in [2.45, 2.75) is 39.7 Å². The molecule has 1 fully saturated rings. The van der Waals surface area contributed by atoms with Crippen molar-refractivity contribution in [1.82, 2.24) is 20.0 Å². The number of nitrogens with zero attached hydrogens (tertiary/aromatic N) is 3. The molecule has 0 unspecified atom stereocenters. The van der Waals surface area contributed by atoms with Crippen LogP contribution in [0.1, 0.15) is 30.7 Å². The molecular formula is C16H27N5O2. The van der Waals surface area contributed by atoms with E-state index in [1.54, 1.807) is 0 Å². The number of hydrogen-bond donors (Lipinski definition) is 2. The maximum atomic E-state index is 11.9. The Labute approximate surface area is 137 Å². The van der Waals surface area contributed by atoms with Crippen molar-refractivity contribution < 1.29 is 9.59 Å². The molecule has 1 aromatic heterocycles. The van der Waals surface area contributed by atoms with Gasteiger partial charge >= 0.3 is 0 Å². The average Bonchev–Trinajstić information content (AvgIpc) is 2.82. The fourth-order valence-corrected chi connectivity index (χ4v) is 2.99. The number of amides is 2. The van der Waals surface area contributed by atoms with E-state index < -0.39 is 0 Å². The van der Waals surface area contributed by atoms with Crippen LogP contribution in [0.15, 0.2) is 6.07 Å². The molecule has 2 rings (SSSR count). The van der Waals surface area contributed by atoms with Gasteiger partial charge in [-0.1, -0.05) is 0 Å². The molecule has 7 heteroatoms. The van der Waals surface area contributed by atoms with E-state index in [1.807, 2.05) is 24.6 Å². The van der Waals surface area contributed by atoms with E-state index in [4.69, 9.17) is 5.73 Å². The third-order valence-electron chi connectivity index (χ3n) is 4.33. The molecule has 0 spiro atoms. The second-order valence-corrected chi connectivity index (χ2v) is 6.31. The summed E-state index contributed by atoms with van der Waals surface area (Å²) in [7, 11) is 0. The Hall–Kier alpha value is -1.89. The van der Waals surface area contributed by atoms with E-state index in [0.29, 0.717) is 13.1 Å².